The summed E-state index contributed by atoms with van der Waals surface area (Å²) in [7, 11) is 1.00. The Kier molecular flexibility index (Phi) is 20.3. The molecule has 2 nitrogen and oxygen atoms in total. The van der Waals surface area contributed by atoms with E-state index < -0.39 is 0 Å². The average Bonchev–Trinajstić information content (AvgIpc) is 2.72. The summed E-state index contributed by atoms with van der Waals surface area (Å²) in [5.74, 6) is 0. The van der Waals surface area contributed by atoms with Crippen molar-refractivity contribution in [1.82, 2.24) is 0 Å². The quantitative estimate of drug-likeness (QED) is 0.237. The Balaban J connectivity index is 0.00000326. The Morgan fingerprint density at radius 1 is 0.815 bits per heavy atom. The summed E-state index contributed by atoms with van der Waals surface area (Å²) in [4.78, 5) is 0. The van der Waals surface area contributed by atoms with Gasteiger partial charge in [-0.15, -0.1) is 0 Å². The third kappa shape index (κ3) is 15.6. The minimum Gasteiger partial charge on any atom is -0.400 e. The van der Waals surface area contributed by atoms with Crippen LogP contribution in [0.25, 0.3) is 0 Å². The molecule has 0 amide bonds. The predicted molar refractivity (Wildman–Crippen MR) is 120 cm³/mol. The minimum atomic E-state index is 0.325. The van der Waals surface area contributed by atoms with Crippen molar-refractivity contribution in [2.75, 3.05) is 13.7 Å². The molecule has 2 N–H and O–H groups in total. The second-order valence-corrected chi connectivity index (χ2v) is 7.20. The van der Waals surface area contributed by atoms with Crippen molar-refractivity contribution in [2.24, 2.45) is 0 Å². The number of aliphatic hydroxyl groups excluding tert-OH is 2. The van der Waals surface area contributed by atoms with Crippen LogP contribution >= 0.6 is 0 Å². The maximum Gasteiger partial charge on any atom is 0.0431 e. The Bertz CT molecular complexity index is 430. The second-order valence-electron chi connectivity index (χ2n) is 7.20. The summed E-state index contributed by atoms with van der Waals surface area (Å²) < 4.78 is 0. The first-order valence-corrected chi connectivity index (χ1v) is 11.2. The molecule has 0 spiro atoms. The van der Waals surface area contributed by atoms with Crippen LogP contribution in [0.4, 0.5) is 0 Å². The maximum atomic E-state index is 8.88. The third-order valence-electron chi connectivity index (χ3n) is 4.89. The molecule has 2 heteroatoms. The topological polar surface area (TPSA) is 40.5 Å². The first-order chi connectivity index (χ1) is 13.4. The highest BCUT2D eigenvalue weighted by molar-refractivity contribution is 5.42. The largest absolute Gasteiger partial charge is 0.400 e. The van der Waals surface area contributed by atoms with Crippen LogP contribution in [0.1, 0.15) is 96.8 Å². The molecule has 0 aromatic carbocycles. The van der Waals surface area contributed by atoms with Crippen LogP contribution in [0.15, 0.2) is 47.6 Å². The lowest BCUT2D eigenvalue weighted by Crippen LogP contribution is -1.94. The minimum absolute atomic E-state index is 0.325. The van der Waals surface area contributed by atoms with Crippen LogP contribution in [0.3, 0.4) is 0 Å². The lowest BCUT2D eigenvalue weighted by molar-refractivity contribution is 0.283. The zero-order valence-corrected chi connectivity index (χ0v) is 18.0. The highest BCUT2D eigenvalue weighted by atomic mass is 16.3. The molecule has 0 aromatic rings. The van der Waals surface area contributed by atoms with Crippen molar-refractivity contribution in [3.05, 3.63) is 47.6 Å². The van der Waals surface area contributed by atoms with Crippen molar-refractivity contribution in [3.63, 3.8) is 0 Å². The summed E-state index contributed by atoms with van der Waals surface area (Å²) in [6.45, 7) is 2.60. The molecule has 1 aliphatic carbocycles. The molecule has 0 saturated heterocycles. The first-order valence-electron chi connectivity index (χ1n) is 11.2. The fourth-order valence-electron chi connectivity index (χ4n) is 3.32. The van der Waals surface area contributed by atoms with Gasteiger partial charge in [-0.3, -0.25) is 0 Å². The third-order valence-corrected chi connectivity index (χ3v) is 4.89. The number of hydrogen-bond donors (Lipinski definition) is 2. The molecule has 0 bridgehead atoms. The molecule has 0 aromatic heterocycles. The summed E-state index contributed by atoms with van der Waals surface area (Å²) in [5.41, 5.74) is 2.91. The SMILES string of the molecule is CCCCCCCCC/C=C/C=C/C1=CCCC=C1CCCCCO.CO. The number of aliphatic hydroxyl groups is 2. The van der Waals surface area contributed by atoms with Gasteiger partial charge in [-0.05, 0) is 56.1 Å². The Morgan fingerprint density at radius 3 is 2.22 bits per heavy atom. The lowest BCUT2D eigenvalue weighted by Gasteiger charge is -2.13. The van der Waals surface area contributed by atoms with E-state index in [1.165, 1.54) is 81.8 Å². The van der Waals surface area contributed by atoms with E-state index in [1.807, 2.05) is 0 Å². The number of unbranched alkanes of at least 4 members (excludes halogenated alkanes) is 9. The Labute approximate surface area is 168 Å². The van der Waals surface area contributed by atoms with Gasteiger partial charge >= 0.3 is 0 Å². The monoisotopic (exact) mass is 376 g/mol. The molecule has 0 unspecified atom stereocenters. The van der Waals surface area contributed by atoms with Crippen molar-refractivity contribution >= 4 is 0 Å². The van der Waals surface area contributed by atoms with Crippen molar-refractivity contribution in [2.45, 2.75) is 96.8 Å². The lowest BCUT2D eigenvalue weighted by atomic mass is 9.93. The van der Waals surface area contributed by atoms with E-state index in [4.69, 9.17) is 10.2 Å². The molecule has 0 heterocycles. The van der Waals surface area contributed by atoms with Gasteiger partial charge in [-0.1, -0.05) is 88.3 Å². The van der Waals surface area contributed by atoms with Gasteiger partial charge in [0.25, 0.3) is 0 Å². The van der Waals surface area contributed by atoms with E-state index in [0.29, 0.717) is 6.61 Å². The molecule has 0 aliphatic heterocycles. The molecule has 0 radical (unpaired) electrons. The van der Waals surface area contributed by atoms with E-state index in [2.05, 4.69) is 43.4 Å². The molecule has 0 fully saturated rings. The van der Waals surface area contributed by atoms with Gasteiger partial charge in [-0.2, -0.15) is 0 Å². The van der Waals surface area contributed by atoms with Crippen LogP contribution in [-0.2, 0) is 0 Å². The van der Waals surface area contributed by atoms with Crippen LogP contribution in [0.2, 0.25) is 0 Å². The number of hydrogen-bond acceptors (Lipinski definition) is 2. The van der Waals surface area contributed by atoms with Crippen LogP contribution in [-0.4, -0.2) is 23.9 Å². The number of allylic oxidation sites excluding steroid dienone is 8. The fraction of sp³-hybridized carbons (Fsp3) is 0.680. The van der Waals surface area contributed by atoms with E-state index in [9.17, 15) is 0 Å². The van der Waals surface area contributed by atoms with Gasteiger partial charge in [-0.25, -0.2) is 0 Å². The highest BCUT2D eigenvalue weighted by Gasteiger charge is 2.05. The van der Waals surface area contributed by atoms with Gasteiger partial charge in [0.2, 0.25) is 0 Å². The molecule has 27 heavy (non-hydrogen) atoms. The van der Waals surface area contributed by atoms with Crippen LogP contribution < -0.4 is 0 Å². The zero-order valence-electron chi connectivity index (χ0n) is 18.0. The molecule has 1 aliphatic rings. The maximum absolute atomic E-state index is 8.88. The van der Waals surface area contributed by atoms with Gasteiger partial charge in [0.1, 0.15) is 0 Å². The predicted octanol–water partition coefficient (Wildman–Crippen LogP) is 7.05. The molecular weight excluding hydrogens is 332 g/mol. The van der Waals surface area contributed by atoms with E-state index in [0.717, 1.165) is 26.4 Å². The van der Waals surface area contributed by atoms with Crippen molar-refractivity contribution in [1.29, 1.82) is 0 Å². The molecule has 1 rings (SSSR count). The van der Waals surface area contributed by atoms with Gasteiger partial charge in [0.05, 0.1) is 0 Å². The van der Waals surface area contributed by atoms with Crippen molar-refractivity contribution in [3.8, 4) is 0 Å². The van der Waals surface area contributed by atoms with Gasteiger partial charge in [0, 0.05) is 13.7 Å². The average molecular weight is 377 g/mol. The molecule has 0 saturated carbocycles. The van der Waals surface area contributed by atoms with Gasteiger partial charge < -0.3 is 10.2 Å². The summed E-state index contributed by atoms with van der Waals surface area (Å²) in [6, 6.07) is 0. The Morgan fingerprint density at radius 2 is 1.48 bits per heavy atom. The normalized spacial score (nSPS) is 14.2. The Hall–Kier alpha value is -1.12. The van der Waals surface area contributed by atoms with Crippen molar-refractivity contribution < 1.29 is 10.2 Å². The highest BCUT2D eigenvalue weighted by Crippen LogP contribution is 2.24. The van der Waals surface area contributed by atoms with E-state index in [1.54, 1.807) is 0 Å². The first kappa shape index (κ1) is 25.9. The summed E-state index contributed by atoms with van der Waals surface area (Å²) >= 11 is 0. The standard InChI is InChI=1S/C24H40O.CH4O/c1-2-3-4-5-6-7-8-9-10-11-13-18-23-20-15-16-21-24(23)19-14-12-17-22-25;1-2/h10-11,13,18,20-21,25H,2-9,12,14-17,19,22H2,1H3;2H,1H3/b11-10+,18-13+;. The molecule has 156 valence electrons. The number of rotatable bonds is 15. The smallest absolute Gasteiger partial charge is 0.0431 e. The van der Waals surface area contributed by atoms with E-state index >= 15 is 0 Å². The zero-order chi connectivity index (χ0) is 20.0. The van der Waals surface area contributed by atoms with Gasteiger partial charge in [0.15, 0.2) is 0 Å². The molecule has 0 atom stereocenters. The molecular formula is C25H44O2. The van der Waals surface area contributed by atoms with E-state index in [-0.39, 0.29) is 0 Å². The van der Waals surface area contributed by atoms with Crippen LogP contribution in [0.5, 0.6) is 0 Å². The second kappa shape index (κ2) is 21.2. The summed E-state index contributed by atoms with van der Waals surface area (Å²) in [6.07, 6.45) is 31.4. The summed E-state index contributed by atoms with van der Waals surface area (Å²) in [5, 5.41) is 15.9. The van der Waals surface area contributed by atoms with Crippen LogP contribution in [0, 0.1) is 0 Å². The fourth-order valence-corrected chi connectivity index (χ4v) is 3.32.